The van der Waals surface area contributed by atoms with Gasteiger partial charge in [0.05, 0.1) is 0 Å². The van der Waals surface area contributed by atoms with Gasteiger partial charge >= 0.3 is 0 Å². The van der Waals surface area contributed by atoms with E-state index in [1.54, 1.807) is 0 Å². The minimum absolute atomic E-state index is 0.853. The monoisotopic (exact) mass is 492 g/mol. The third-order valence-electron chi connectivity index (χ3n) is 7.56. The van der Waals surface area contributed by atoms with Crippen LogP contribution in [0.5, 0.6) is 0 Å². The van der Waals surface area contributed by atoms with Crippen molar-refractivity contribution in [3.8, 4) is 11.4 Å². The van der Waals surface area contributed by atoms with Gasteiger partial charge in [0, 0.05) is 18.0 Å². The van der Waals surface area contributed by atoms with Crippen molar-refractivity contribution in [1.29, 1.82) is 0 Å². The molecule has 2 nitrogen and oxygen atoms in total. The van der Waals surface area contributed by atoms with Crippen molar-refractivity contribution in [3.63, 3.8) is 0 Å². The predicted molar refractivity (Wildman–Crippen MR) is 159 cm³/mol. The molecule has 0 bridgehead atoms. The van der Waals surface area contributed by atoms with Crippen molar-refractivity contribution < 1.29 is 0 Å². The minimum Gasteiger partial charge on any atom is -0.236 e. The Morgan fingerprint density at radius 3 is 1.19 bits per heavy atom. The van der Waals surface area contributed by atoms with Gasteiger partial charge in [0.1, 0.15) is 0 Å². The van der Waals surface area contributed by atoms with E-state index in [0.29, 0.717) is 0 Å². The highest BCUT2D eigenvalue weighted by atomic mass is 14.9. The molecule has 1 heterocycles. The average molecular weight is 493 g/mol. The van der Waals surface area contributed by atoms with Crippen LogP contribution in [0.2, 0.25) is 0 Å². The van der Waals surface area contributed by atoms with Crippen molar-refractivity contribution in [1.82, 2.24) is 9.97 Å². The van der Waals surface area contributed by atoms with Crippen LogP contribution in [0.25, 0.3) is 11.4 Å². The average Bonchev–Trinajstić information content (AvgIpc) is 2.91. The Morgan fingerprint density at radius 2 is 0.778 bits per heavy atom. The van der Waals surface area contributed by atoms with E-state index >= 15 is 0 Å². The maximum atomic E-state index is 4.66. The van der Waals surface area contributed by atoms with E-state index in [4.69, 9.17) is 0 Å². The summed E-state index contributed by atoms with van der Waals surface area (Å²) in [6, 6.07) is 8.91. The van der Waals surface area contributed by atoms with Crippen molar-refractivity contribution in [3.05, 3.63) is 47.8 Å². The zero-order valence-electron chi connectivity index (χ0n) is 23.9. The molecule has 0 unspecified atom stereocenters. The van der Waals surface area contributed by atoms with E-state index < -0.39 is 0 Å². The van der Waals surface area contributed by atoms with Crippen molar-refractivity contribution in [2.75, 3.05) is 0 Å². The molecule has 0 aliphatic carbocycles. The summed E-state index contributed by atoms with van der Waals surface area (Å²) in [5.41, 5.74) is 3.84. The van der Waals surface area contributed by atoms with E-state index in [-0.39, 0.29) is 0 Å². The number of unbranched alkanes of at least 4 members (excludes halogenated alkanes) is 18. The molecule has 2 rings (SSSR count). The van der Waals surface area contributed by atoms with E-state index in [1.165, 1.54) is 146 Å². The maximum Gasteiger partial charge on any atom is 0.159 e. The first-order valence-corrected chi connectivity index (χ1v) is 15.7. The van der Waals surface area contributed by atoms with Gasteiger partial charge in [0.25, 0.3) is 0 Å². The molecular formula is C34H56N2. The van der Waals surface area contributed by atoms with Crippen LogP contribution < -0.4 is 0 Å². The van der Waals surface area contributed by atoms with Crippen molar-refractivity contribution in [2.24, 2.45) is 0 Å². The lowest BCUT2D eigenvalue weighted by molar-refractivity contribution is 0.539. The molecule has 0 saturated heterocycles. The van der Waals surface area contributed by atoms with Crippen LogP contribution in [-0.2, 0) is 12.8 Å². The molecule has 0 radical (unpaired) electrons. The second kappa shape index (κ2) is 21.4. The number of nitrogens with zero attached hydrogens (tertiary/aromatic N) is 2. The number of benzene rings is 1. The van der Waals surface area contributed by atoms with Crippen molar-refractivity contribution >= 4 is 0 Å². The minimum atomic E-state index is 0.853. The summed E-state index contributed by atoms with van der Waals surface area (Å²) in [6.07, 6.45) is 34.2. The Labute approximate surface area is 224 Å². The number of aromatic nitrogens is 2. The van der Waals surface area contributed by atoms with Gasteiger partial charge < -0.3 is 0 Å². The molecule has 2 heteroatoms. The van der Waals surface area contributed by atoms with Gasteiger partial charge in [-0.25, -0.2) is 9.97 Å². The normalized spacial score (nSPS) is 11.3. The lowest BCUT2D eigenvalue weighted by atomic mass is 10.0. The van der Waals surface area contributed by atoms with Gasteiger partial charge in [-0.1, -0.05) is 154 Å². The lowest BCUT2D eigenvalue weighted by Crippen LogP contribution is -1.94. The highest BCUT2D eigenvalue weighted by molar-refractivity contribution is 5.55. The summed E-state index contributed by atoms with van der Waals surface area (Å²) in [4.78, 5) is 9.32. The summed E-state index contributed by atoms with van der Waals surface area (Å²) < 4.78 is 0. The number of rotatable bonds is 23. The first kappa shape index (κ1) is 30.5. The third-order valence-corrected chi connectivity index (χ3v) is 7.56. The predicted octanol–water partition coefficient (Wildman–Crippen LogP) is 11.1. The molecule has 0 fully saturated rings. The molecule has 1 aromatic heterocycles. The fourth-order valence-corrected chi connectivity index (χ4v) is 5.09. The van der Waals surface area contributed by atoms with Gasteiger partial charge in [-0.05, 0) is 36.8 Å². The maximum absolute atomic E-state index is 4.66. The number of hydrogen-bond acceptors (Lipinski definition) is 2. The molecule has 0 amide bonds. The van der Waals surface area contributed by atoms with E-state index in [9.17, 15) is 0 Å². The zero-order valence-corrected chi connectivity index (χ0v) is 23.9. The molecule has 0 aliphatic rings. The van der Waals surface area contributed by atoms with E-state index in [1.807, 2.05) is 12.4 Å². The number of aryl methyl sites for hydroxylation is 2. The fourth-order valence-electron chi connectivity index (χ4n) is 5.09. The van der Waals surface area contributed by atoms with Crippen LogP contribution >= 0.6 is 0 Å². The summed E-state index contributed by atoms with van der Waals surface area (Å²) in [6.45, 7) is 4.57. The van der Waals surface area contributed by atoms with Crippen LogP contribution in [-0.4, -0.2) is 9.97 Å². The Kier molecular flexibility index (Phi) is 18.1. The van der Waals surface area contributed by atoms with Crippen LogP contribution in [0.15, 0.2) is 36.7 Å². The highest BCUT2D eigenvalue weighted by Crippen LogP contribution is 2.18. The Morgan fingerprint density at radius 1 is 0.417 bits per heavy atom. The summed E-state index contributed by atoms with van der Waals surface area (Å²) in [5.74, 6) is 0.853. The van der Waals surface area contributed by atoms with Crippen molar-refractivity contribution in [2.45, 2.75) is 155 Å². The zero-order chi connectivity index (χ0) is 25.5. The summed E-state index contributed by atoms with van der Waals surface area (Å²) in [5, 5.41) is 0. The van der Waals surface area contributed by atoms with Crippen LogP contribution in [0.3, 0.4) is 0 Å². The highest BCUT2D eigenvalue weighted by Gasteiger charge is 2.03. The van der Waals surface area contributed by atoms with Gasteiger partial charge in [-0.2, -0.15) is 0 Å². The second-order valence-corrected chi connectivity index (χ2v) is 11.0. The molecule has 0 spiro atoms. The smallest absolute Gasteiger partial charge is 0.159 e. The Hall–Kier alpha value is -1.70. The van der Waals surface area contributed by atoms with Gasteiger partial charge in [0.15, 0.2) is 5.82 Å². The number of hydrogen-bond donors (Lipinski definition) is 0. The van der Waals surface area contributed by atoms with Gasteiger partial charge in [-0.15, -0.1) is 0 Å². The molecule has 202 valence electrons. The first-order valence-electron chi connectivity index (χ1n) is 15.7. The SMILES string of the molecule is CCCCCCCCCCCCCCCc1cnc(-c2ccc(CCCCCCCCC)cc2)nc1. The Balaban J connectivity index is 1.51. The summed E-state index contributed by atoms with van der Waals surface area (Å²) >= 11 is 0. The first-order chi connectivity index (χ1) is 17.8. The molecule has 0 N–H and O–H groups in total. The molecule has 0 aliphatic heterocycles. The van der Waals surface area contributed by atoms with E-state index in [0.717, 1.165) is 17.8 Å². The van der Waals surface area contributed by atoms with E-state index in [2.05, 4.69) is 48.1 Å². The standard InChI is InChI=1S/C34H56N2/c1-3-5-7-9-11-12-13-14-15-16-18-20-22-24-32-29-35-34(36-30-32)33-27-25-31(26-28-33)23-21-19-17-10-8-6-4-2/h25-30H,3-24H2,1-2H3. The molecule has 36 heavy (non-hydrogen) atoms. The summed E-state index contributed by atoms with van der Waals surface area (Å²) in [7, 11) is 0. The molecule has 1 aromatic carbocycles. The van der Waals surface area contributed by atoms with Crippen LogP contribution in [0.4, 0.5) is 0 Å². The van der Waals surface area contributed by atoms with Crippen LogP contribution in [0, 0.1) is 0 Å². The molecule has 0 saturated carbocycles. The Bertz CT molecular complexity index is 735. The molecule has 2 aromatic rings. The topological polar surface area (TPSA) is 25.8 Å². The molecule has 0 atom stereocenters. The lowest BCUT2D eigenvalue weighted by Gasteiger charge is -2.06. The van der Waals surface area contributed by atoms with Gasteiger partial charge in [-0.3, -0.25) is 0 Å². The van der Waals surface area contributed by atoms with Gasteiger partial charge in [0.2, 0.25) is 0 Å². The second-order valence-electron chi connectivity index (χ2n) is 11.0. The molecular weight excluding hydrogens is 436 g/mol. The fraction of sp³-hybridized carbons (Fsp3) is 0.706. The largest absolute Gasteiger partial charge is 0.236 e. The quantitative estimate of drug-likeness (QED) is 0.144. The van der Waals surface area contributed by atoms with Crippen LogP contribution in [0.1, 0.15) is 153 Å². The third kappa shape index (κ3) is 14.8.